The average Bonchev–Trinajstić information content (AvgIpc) is 2.38. The third-order valence-electron chi connectivity index (χ3n) is 2.25. The number of carbonyl (C=O) groups excluding carboxylic acids is 1. The van der Waals surface area contributed by atoms with Gasteiger partial charge in [-0.1, -0.05) is 0 Å². The summed E-state index contributed by atoms with van der Waals surface area (Å²) in [5, 5.41) is 0. The van der Waals surface area contributed by atoms with E-state index in [4.69, 9.17) is 10.5 Å². The molecule has 2 N–H and O–H groups in total. The van der Waals surface area contributed by atoms with Crippen molar-refractivity contribution < 1.29 is 32.2 Å². The van der Waals surface area contributed by atoms with Crippen LogP contribution in [0.1, 0.15) is 11.4 Å². The quantitative estimate of drug-likeness (QED) is 0.820. The topological polar surface area (TPSA) is 83.7 Å². The first kappa shape index (κ1) is 16.0. The van der Waals surface area contributed by atoms with Crippen LogP contribution in [0.25, 0.3) is 0 Å². The number of alkyl halides is 3. The predicted octanol–water partition coefficient (Wildman–Crippen LogP) is 1.16. The summed E-state index contributed by atoms with van der Waals surface area (Å²) < 4.78 is 50.1. The summed E-state index contributed by atoms with van der Waals surface area (Å²) in [6.07, 6.45) is -5.12. The molecule has 0 unspecified atom stereocenters. The Bertz CT molecular complexity index is 466. The van der Waals surface area contributed by atoms with Crippen molar-refractivity contribution >= 4 is 5.97 Å². The molecule has 1 aromatic heterocycles. The Morgan fingerprint density at radius 2 is 2.05 bits per heavy atom. The summed E-state index contributed by atoms with van der Waals surface area (Å²) >= 11 is 0. The monoisotopic (exact) mass is 294 g/mol. The van der Waals surface area contributed by atoms with Gasteiger partial charge in [-0.05, 0) is 0 Å². The third-order valence-corrected chi connectivity index (χ3v) is 2.25. The van der Waals surface area contributed by atoms with Crippen LogP contribution in [0.15, 0.2) is 6.07 Å². The maximum absolute atomic E-state index is 12.3. The summed E-state index contributed by atoms with van der Waals surface area (Å²) in [7, 11) is 2.35. The fraction of sp³-hybridized carbons (Fsp3) is 0.455. The van der Waals surface area contributed by atoms with E-state index in [1.807, 2.05) is 0 Å². The number of esters is 1. The molecule has 0 saturated heterocycles. The van der Waals surface area contributed by atoms with Gasteiger partial charge >= 0.3 is 12.3 Å². The molecule has 0 atom stereocenters. The third kappa shape index (κ3) is 4.26. The van der Waals surface area contributed by atoms with Crippen LogP contribution in [-0.4, -0.2) is 31.5 Å². The SMILES string of the molecule is COC(=O)Cc1cc(OC)c(OC(F)(F)F)c(CN)n1. The Morgan fingerprint density at radius 3 is 2.50 bits per heavy atom. The van der Waals surface area contributed by atoms with E-state index in [1.54, 1.807) is 0 Å². The number of nitrogens with two attached hydrogens (primary N) is 1. The summed E-state index contributed by atoms with van der Waals surface area (Å²) in [6, 6.07) is 1.16. The first-order valence-corrected chi connectivity index (χ1v) is 5.40. The van der Waals surface area contributed by atoms with Crippen LogP contribution in [0.2, 0.25) is 0 Å². The van der Waals surface area contributed by atoms with Crippen LogP contribution in [0.3, 0.4) is 0 Å². The molecule has 0 bridgehead atoms. The van der Waals surface area contributed by atoms with E-state index >= 15 is 0 Å². The Balaban J connectivity index is 3.21. The van der Waals surface area contributed by atoms with Crippen molar-refractivity contribution in [2.75, 3.05) is 14.2 Å². The molecule has 0 fully saturated rings. The van der Waals surface area contributed by atoms with E-state index in [1.165, 1.54) is 14.2 Å². The molecule has 0 aliphatic carbocycles. The molecule has 0 spiro atoms. The largest absolute Gasteiger partial charge is 0.573 e. The number of rotatable bonds is 5. The number of ether oxygens (including phenoxy) is 3. The number of hydrogen-bond acceptors (Lipinski definition) is 6. The van der Waals surface area contributed by atoms with E-state index in [-0.39, 0.29) is 30.1 Å². The Labute approximate surface area is 112 Å². The standard InChI is InChI=1S/C11H13F3N2O4/c1-18-8-3-6(4-9(17)19-2)16-7(5-15)10(8)20-11(12,13)14/h3H,4-5,15H2,1-2H3. The molecule has 0 aliphatic heterocycles. The second-order valence-corrected chi connectivity index (χ2v) is 3.60. The molecule has 112 valence electrons. The minimum absolute atomic E-state index is 0.166. The van der Waals surface area contributed by atoms with Crippen LogP contribution in [0.5, 0.6) is 11.5 Å². The van der Waals surface area contributed by atoms with E-state index < -0.39 is 18.1 Å². The van der Waals surface area contributed by atoms with Gasteiger partial charge in [-0.2, -0.15) is 0 Å². The summed E-state index contributed by atoms with van der Waals surface area (Å²) in [4.78, 5) is 15.0. The van der Waals surface area contributed by atoms with Crippen LogP contribution >= 0.6 is 0 Å². The number of hydrogen-bond donors (Lipinski definition) is 1. The van der Waals surface area contributed by atoms with Crippen LogP contribution in [-0.2, 0) is 22.5 Å². The van der Waals surface area contributed by atoms with Gasteiger partial charge in [0.25, 0.3) is 0 Å². The molecule has 9 heteroatoms. The van der Waals surface area contributed by atoms with Crippen molar-refractivity contribution in [2.24, 2.45) is 5.73 Å². The Hall–Kier alpha value is -2.03. The molecule has 0 radical (unpaired) electrons. The van der Waals surface area contributed by atoms with Gasteiger partial charge in [-0.3, -0.25) is 9.78 Å². The van der Waals surface area contributed by atoms with Crippen LogP contribution in [0, 0.1) is 0 Å². The molecule has 0 saturated carbocycles. The first-order chi connectivity index (χ1) is 9.30. The maximum atomic E-state index is 12.3. The highest BCUT2D eigenvalue weighted by molar-refractivity contribution is 5.72. The first-order valence-electron chi connectivity index (χ1n) is 5.40. The zero-order valence-corrected chi connectivity index (χ0v) is 10.8. The Kier molecular flexibility index (Phi) is 5.14. The predicted molar refractivity (Wildman–Crippen MR) is 61.1 cm³/mol. The number of pyridine rings is 1. The van der Waals surface area contributed by atoms with Gasteiger partial charge in [0.15, 0.2) is 11.5 Å². The maximum Gasteiger partial charge on any atom is 0.573 e. The minimum atomic E-state index is -4.90. The second kappa shape index (κ2) is 6.42. The molecular formula is C11H13F3N2O4. The number of methoxy groups -OCH3 is 2. The molecule has 0 aromatic carbocycles. The number of aromatic nitrogens is 1. The van der Waals surface area contributed by atoms with Gasteiger partial charge in [0, 0.05) is 12.6 Å². The molecular weight excluding hydrogens is 281 g/mol. The summed E-state index contributed by atoms with van der Waals surface area (Å²) in [5.41, 5.74) is 5.35. The zero-order valence-electron chi connectivity index (χ0n) is 10.8. The summed E-state index contributed by atoms with van der Waals surface area (Å²) in [5.74, 6) is -1.42. The molecule has 1 rings (SSSR count). The van der Waals surface area contributed by atoms with Gasteiger partial charge in [0.05, 0.1) is 26.3 Å². The fourth-order valence-corrected chi connectivity index (χ4v) is 1.44. The number of halogens is 3. The zero-order chi connectivity index (χ0) is 15.3. The second-order valence-electron chi connectivity index (χ2n) is 3.60. The van der Waals surface area contributed by atoms with E-state index in [9.17, 15) is 18.0 Å². The highest BCUT2D eigenvalue weighted by Crippen LogP contribution is 2.35. The highest BCUT2D eigenvalue weighted by Gasteiger charge is 2.34. The van der Waals surface area contributed by atoms with E-state index in [0.29, 0.717) is 0 Å². The molecule has 1 heterocycles. The fourth-order valence-electron chi connectivity index (χ4n) is 1.44. The van der Waals surface area contributed by atoms with Crippen molar-refractivity contribution in [3.63, 3.8) is 0 Å². The lowest BCUT2D eigenvalue weighted by Gasteiger charge is -2.16. The van der Waals surface area contributed by atoms with Crippen molar-refractivity contribution in [3.8, 4) is 11.5 Å². The molecule has 0 aliphatic rings. The lowest BCUT2D eigenvalue weighted by Crippen LogP contribution is -2.20. The average molecular weight is 294 g/mol. The van der Waals surface area contributed by atoms with Crippen LogP contribution in [0.4, 0.5) is 13.2 Å². The van der Waals surface area contributed by atoms with E-state index in [2.05, 4.69) is 14.5 Å². The van der Waals surface area contributed by atoms with Crippen LogP contribution < -0.4 is 15.2 Å². The van der Waals surface area contributed by atoms with Gasteiger partial charge in [-0.25, -0.2) is 0 Å². The van der Waals surface area contributed by atoms with Gasteiger partial charge in [0.2, 0.25) is 0 Å². The summed E-state index contributed by atoms with van der Waals surface area (Å²) in [6.45, 7) is -0.309. The van der Waals surface area contributed by atoms with Gasteiger partial charge in [-0.15, -0.1) is 13.2 Å². The lowest BCUT2D eigenvalue weighted by molar-refractivity contribution is -0.275. The Morgan fingerprint density at radius 1 is 1.40 bits per heavy atom. The number of nitrogens with zero attached hydrogens (tertiary/aromatic N) is 1. The molecule has 20 heavy (non-hydrogen) atoms. The highest BCUT2D eigenvalue weighted by atomic mass is 19.4. The van der Waals surface area contributed by atoms with Crippen molar-refractivity contribution in [1.82, 2.24) is 4.98 Å². The minimum Gasteiger partial charge on any atom is -0.493 e. The molecule has 1 aromatic rings. The molecule has 6 nitrogen and oxygen atoms in total. The smallest absolute Gasteiger partial charge is 0.493 e. The van der Waals surface area contributed by atoms with Crippen molar-refractivity contribution in [1.29, 1.82) is 0 Å². The van der Waals surface area contributed by atoms with E-state index in [0.717, 1.165) is 6.07 Å². The van der Waals surface area contributed by atoms with Gasteiger partial charge in [0.1, 0.15) is 5.69 Å². The van der Waals surface area contributed by atoms with Gasteiger partial charge < -0.3 is 19.9 Å². The van der Waals surface area contributed by atoms with Crippen molar-refractivity contribution in [3.05, 3.63) is 17.5 Å². The molecule has 0 amide bonds. The van der Waals surface area contributed by atoms with Crippen molar-refractivity contribution in [2.45, 2.75) is 19.3 Å². The normalized spacial score (nSPS) is 11.1. The number of carbonyl (C=O) groups is 1. The lowest BCUT2D eigenvalue weighted by atomic mass is 10.2.